The van der Waals surface area contributed by atoms with E-state index in [2.05, 4.69) is 4.98 Å². The van der Waals surface area contributed by atoms with E-state index in [1.807, 2.05) is 0 Å². The highest BCUT2D eigenvalue weighted by atomic mass is 16.4. The van der Waals surface area contributed by atoms with E-state index in [0.717, 1.165) is 11.0 Å². The minimum atomic E-state index is -1.08. The molecule has 0 spiro atoms. The number of rotatable bonds is 5. The summed E-state index contributed by atoms with van der Waals surface area (Å²) in [5, 5.41) is 25.7. The Morgan fingerprint density at radius 2 is 1.95 bits per heavy atom. The van der Waals surface area contributed by atoms with Crippen molar-refractivity contribution in [2.75, 3.05) is 13.1 Å². The van der Waals surface area contributed by atoms with E-state index in [-0.39, 0.29) is 18.8 Å². The molecule has 0 atom stereocenters. The molecule has 0 fully saturated rings. The third-order valence-electron chi connectivity index (χ3n) is 2.23. The standard InChI is InChI=1S/C13H10N4O3/c14-5-7-17(8-6-15)13(20)11-3-1-10(9-16-11)2-4-12(18)19/h1-4,9H,7-8H2,(H,18,19). The van der Waals surface area contributed by atoms with Crippen LogP contribution in [0.4, 0.5) is 0 Å². The molecule has 0 aliphatic heterocycles. The van der Waals surface area contributed by atoms with Crippen molar-refractivity contribution in [1.29, 1.82) is 10.5 Å². The first-order chi connectivity index (χ1) is 9.58. The van der Waals surface area contributed by atoms with Crippen LogP contribution in [0.2, 0.25) is 0 Å². The average molecular weight is 270 g/mol. The molecule has 0 radical (unpaired) electrons. The van der Waals surface area contributed by atoms with Gasteiger partial charge in [-0.2, -0.15) is 10.5 Å². The van der Waals surface area contributed by atoms with Crippen LogP contribution in [0.5, 0.6) is 0 Å². The zero-order valence-electron chi connectivity index (χ0n) is 10.4. The molecule has 1 heterocycles. The third kappa shape index (κ3) is 4.24. The molecule has 7 heteroatoms. The molecule has 0 aliphatic carbocycles. The fourth-order valence-electron chi connectivity index (χ4n) is 1.33. The highest BCUT2D eigenvalue weighted by Gasteiger charge is 2.16. The van der Waals surface area contributed by atoms with E-state index in [1.165, 1.54) is 24.4 Å². The molecule has 20 heavy (non-hydrogen) atoms. The fraction of sp³-hybridized carbons (Fsp3) is 0.154. The molecule has 0 saturated carbocycles. The maximum Gasteiger partial charge on any atom is 0.328 e. The number of hydrogen-bond acceptors (Lipinski definition) is 5. The second-order valence-electron chi connectivity index (χ2n) is 3.63. The van der Waals surface area contributed by atoms with Crippen molar-refractivity contribution in [3.05, 3.63) is 35.7 Å². The second kappa shape index (κ2) is 7.29. The summed E-state index contributed by atoms with van der Waals surface area (Å²) in [4.78, 5) is 27.3. The third-order valence-corrected chi connectivity index (χ3v) is 2.23. The first kappa shape index (κ1) is 14.9. The van der Waals surface area contributed by atoms with Gasteiger partial charge in [0.1, 0.15) is 18.8 Å². The lowest BCUT2D eigenvalue weighted by atomic mass is 10.2. The van der Waals surface area contributed by atoms with E-state index in [9.17, 15) is 9.59 Å². The van der Waals surface area contributed by atoms with Gasteiger partial charge in [-0.05, 0) is 17.7 Å². The van der Waals surface area contributed by atoms with Crippen molar-refractivity contribution in [3.63, 3.8) is 0 Å². The second-order valence-corrected chi connectivity index (χ2v) is 3.63. The van der Waals surface area contributed by atoms with Crippen LogP contribution in [0.1, 0.15) is 16.1 Å². The van der Waals surface area contributed by atoms with Gasteiger partial charge in [0.05, 0.1) is 12.1 Å². The van der Waals surface area contributed by atoms with Crippen molar-refractivity contribution < 1.29 is 14.7 Å². The summed E-state index contributed by atoms with van der Waals surface area (Å²) >= 11 is 0. The SMILES string of the molecule is N#CCN(CC#N)C(=O)c1ccc(C=CC(=O)O)cn1. The van der Waals surface area contributed by atoms with Gasteiger partial charge in [0.15, 0.2) is 0 Å². The normalized spacial score (nSPS) is 9.70. The lowest BCUT2D eigenvalue weighted by molar-refractivity contribution is -0.131. The molecule has 1 aromatic rings. The molecule has 1 N–H and O–H groups in total. The van der Waals surface area contributed by atoms with Gasteiger partial charge in [-0.1, -0.05) is 6.07 Å². The number of nitrogens with zero attached hydrogens (tertiary/aromatic N) is 4. The van der Waals surface area contributed by atoms with E-state index in [4.69, 9.17) is 15.6 Å². The highest BCUT2D eigenvalue weighted by molar-refractivity contribution is 5.93. The van der Waals surface area contributed by atoms with E-state index in [0.29, 0.717) is 5.56 Å². The van der Waals surface area contributed by atoms with E-state index in [1.54, 1.807) is 12.1 Å². The number of hydrogen-bond donors (Lipinski definition) is 1. The number of carbonyl (C=O) groups is 2. The summed E-state index contributed by atoms with van der Waals surface area (Å²) in [6.45, 7) is -0.399. The Kier molecular flexibility index (Phi) is 5.42. The quantitative estimate of drug-likeness (QED) is 0.620. The fourth-order valence-corrected chi connectivity index (χ4v) is 1.33. The van der Waals surface area contributed by atoms with Gasteiger partial charge in [0.2, 0.25) is 0 Å². The molecule has 0 bridgehead atoms. The average Bonchev–Trinajstić information content (AvgIpc) is 2.44. The molecule has 0 unspecified atom stereocenters. The summed E-state index contributed by atoms with van der Waals surface area (Å²) < 4.78 is 0. The Morgan fingerprint density at radius 3 is 2.40 bits per heavy atom. The molecule has 1 rings (SSSR count). The number of nitriles is 2. The van der Waals surface area contributed by atoms with Gasteiger partial charge in [0.25, 0.3) is 5.91 Å². The lowest BCUT2D eigenvalue weighted by Gasteiger charge is -2.14. The van der Waals surface area contributed by atoms with Gasteiger partial charge in [0, 0.05) is 12.3 Å². The Bertz CT molecular complexity index is 592. The first-order valence-electron chi connectivity index (χ1n) is 5.48. The van der Waals surface area contributed by atoms with E-state index < -0.39 is 11.9 Å². The summed E-state index contributed by atoms with van der Waals surface area (Å²) in [6, 6.07) is 6.53. The maximum atomic E-state index is 12.0. The van der Waals surface area contributed by atoms with E-state index >= 15 is 0 Å². The number of aromatic nitrogens is 1. The number of carboxylic acids is 1. The number of carboxylic acid groups (broad SMARTS) is 1. The monoisotopic (exact) mass is 270 g/mol. The van der Waals surface area contributed by atoms with Crippen LogP contribution in [-0.4, -0.2) is 40.0 Å². The molecule has 100 valence electrons. The molecular formula is C13H10N4O3. The van der Waals surface area contributed by atoms with Gasteiger partial charge in [-0.25, -0.2) is 4.79 Å². The topological polar surface area (TPSA) is 118 Å². The lowest BCUT2D eigenvalue weighted by Crippen LogP contribution is -2.32. The predicted octanol–water partition coefficient (Wildman–Crippen LogP) is 0.669. The molecule has 0 aliphatic rings. The van der Waals surface area contributed by atoms with Crippen molar-refractivity contribution in [2.45, 2.75) is 0 Å². The van der Waals surface area contributed by atoms with Crippen LogP contribution >= 0.6 is 0 Å². The van der Waals surface area contributed by atoms with Crippen molar-refractivity contribution in [2.24, 2.45) is 0 Å². The van der Waals surface area contributed by atoms with Gasteiger partial charge in [-0.15, -0.1) is 0 Å². The van der Waals surface area contributed by atoms with Gasteiger partial charge < -0.3 is 10.0 Å². The van der Waals surface area contributed by atoms with Crippen LogP contribution in [0.3, 0.4) is 0 Å². The van der Waals surface area contributed by atoms with Crippen LogP contribution in [-0.2, 0) is 4.79 Å². The highest BCUT2D eigenvalue weighted by Crippen LogP contribution is 2.05. The maximum absolute atomic E-state index is 12.0. The summed E-state index contributed by atoms with van der Waals surface area (Å²) in [7, 11) is 0. The van der Waals surface area contributed by atoms with Gasteiger partial charge >= 0.3 is 5.97 Å². The summed E-state index contributed by atoms with van der Waals surface area (Å²) in [6.07, 6.45) is 3.63. The Hall–Kier alpha value is -3.19. The minimum absolute atomic E-state index is 0.0861. The van der Waals surface area contributed by atoms with Crippen molar-refractivity contribution >= 4 is 18.0 Å². The number of carbonyl (C=O) groups excluding carboxylic acids is 1. The predicted molar refractivity (Wildman–Crippen MR) is 68.0 cm³/mol. The Morgan fingerprint density at radius 1 is 1.30 bits per heavy atom. The summed E-state index contributed by atoms with van der Waals surface area (Å²) in [5.74, 6) is -1.61. The smallest absolute Gasteiger partial charge is 0.328 e. The molecule has 7 nitrogen and oxygen atoms in total. The van der Waals surface area contributed by atoms with Crippen molar-refractivity contribution in [3.8, 4) is 12.1 Å². The first-order valence-corrected chi connectivity index (χ1v) is 5.48. The number of amides is 1. The number of aliphatic carboxylic acids is 1. The largest absolute Gasteiger partial charge is 0.478 e. The molecule has 1 amide bonds. The summed E-state index contributed by atoms with van der Waals surface area (Å²) in [5.41, 5.74) is 0.610. The van der Waals surface area contributed by atoms with Crippen LogP contribution in [0.25, 0.3) is 6.08 Å². The van der Waals surface area contributed by atoms with Crippen LogP contribution in [0, 0.1) is 22.7 Å². The minimum Gasteiger partial charge on any atom is -0.478 e. The van der Waals surface area contributed by atoms with Gasteiger partial charge in [-0.3, -0.25) is 9.78 Å². The zero-order valence-corrected chi connectivity index (χ0v) is 10.4. The van der Waals surface area contributed by atoms with Crippen LogP contribution < -0.4 is 0 Å². The Labute approximate surface area is 115 Å². The molecule has 1 aromatic heterocycles. The molecular weight excluding hydrogens is 260 g/mol. The molecule has 0 aromatic carbocycles. The van der Waals surface area contributed by atoms with Crippen LogP contribution in [0.15, 0.2) is 24.4 Å². The number of pyridine rings is 1. The van der Waals surface area contributed by atoms with Crippen molar-refractivity contribution in [1.82, 2.24) is 9.88 Å². The zero-order chi connectivity index (χ0) is 15.0. The Balaban J connectivity index is 2.87. The molecule has 0 saturated heterocycles.